The predicted octanol–water partition coefficient (Wildman–Crippen LogP) is 3.34. The molecule has 0 aliphatic carbocycles. The van der Waals surface area contributed by atoms with E-state index in [2.05, 4.69) is 44.7 Å². The van der Waals surface area contributed by atoms with Crippen LogP contribution >= 0.6 is 0 Å². The van der Waals surface area contributed by atoms with E-state index in [-0.39, 0.29) is 0 Å². The molecule has 0 radical (unpaired) electrons. The molecule has 0 spiro atoms. The van der Waals surface area contributed by atoms with Crippen molar-refractivity contribution in [1.29, 1.82) is 0 Å². The SMILES string of the molecule is C=C(c1ccc(C(C)C)cc1)N(C)C. The van der Waals surface area contributed by atoms with Crippen molar-refractivity contribution in [2.45, 2.75) is 19.8 Å². The van der Waals surface area contributed by atoms with Crippen molar-refractivity contribution < 1.29 is 0 Å². The lowest BCUT2D eigenvalue weighted by atomic mass is 10.0. The van der Waals surface area contributed by atoms with Gasteiger partial charge in [0.25, 0.3) is 0 Å². The third-order valence-corrected chi connectivity index (χ3v) is 2.45. The van der Waals surface area contributed by atoms with Gasteiger partial charge in [-0.05, 0) is 17.0 Å². The summed E-state index contributed by atoms with van der Waals surface area (Å²) in [6, 6.07) is 8.62. The molecule has 1 rings (SSSR count). The van der Waals surface area contributed by atoms with Crippen LogP contribution in [-0.2, 0) is 0 Å². The molecule has 0 saturated heterocycles. The van der Waals surface area contributed by atoms with Crippen molar-refractivity contribution in [2.75, 3.05) is 14.1 Å². The normalized spacial score (nSPS) is 10.4. The van der Waals surface area contributed by atoms with Crippen molar-refractivity contribution in [1.82, 2.24) is 4.90 Å². The summed E-state index contributed by atoms with van der Waals surface area (Å²) in [5, 5.41) is 0. The summed E-state index contributed by atoms with van der Waals surface area (Å²) in [6.45, 7) is 8.43. The van der Waals surface area contributed by atoms with E-state index in [4.69, 9.17) is 0 Å². The lowest BCUT2D eigenvalue weighted by molar-refractivity contribution is 0.593. The first kappa shape index (κ1) is 10.8. The Kier molecular flexibility index (Phi) is 3.34. The minimum absolute atomic E-state index is 0.594. The second-order valence-electron chi connectivity index (χ2n) is 4.12. The molecule has 0 unspecified atom stereocenters. The zero-order valence-electron chi connectivity index (χ0n) is 9.54. The maximum Gasteiger partial charge on any atom is 0.0361 e. The Labute approximate surface area is 87.1 Å². The van der Waals surface area contributed by atoms with Crippen LogP contribution in [0.25, 0.3) is 5.70 Å². The highest BCUT2D eigenvalue weighted by Crippen LogP contribution is 2.19. The maximum absolute atomic E-state index is 4.02. The minimum atomic E-state index is 0.594. The van der Waals surface area contributed by atoms with Gasteiger partial charge in [0, 0.05) is 19.8 Å². The molecule has 0 heterocycles. The van der Waals surface area contributed by atoms with Gasteiger partial charge < -0.3 is 4.90 Å². The van der Waals surface area contributed by atoms with E-state index in [0.717, 1.165) is 5.70 Å². The van der Waals surface area contributed by atoms with Gasteiger partial charge in [0.2, 0.25) is 0 Å². The smallest absolute Gasteiger partial charge is 0.0361 e. The molecule has 0 fully saturated rings. The van der Waals surface area contributed by atoms with E-state index in [1.165, 1.54) is 11.1 Å². The summed E-state index contributed by atoms with van der Waals surface area (Å²) < 4.78 is 0. The van der Waals surface area contributed by atoms with Crippen molar-refractivity contribution in [2.24, 2.45) is 0 Å². The van der Waals surface area contributed by atoms with Gasteiger partial charge in [-0.25, -0.2) is 0 Å². The Bertz CT molecular complexity index is 307. The molecule has 0 N–H and O–H groups in total. The summed E-state index contributed by atoms with van der Waals surface area (Å²) in [7, 11) is 4.03. The Morgan fingerprint density at radius 1 is 1.14 bits per heavy atom. The van der Waals surface area contributed by atoms with E-state index >= 15 is 0 Å². The van der Waals surface area contributed by atoms with Crippen LogP contribution in [0.2, 0.25) is 0 Å². The van der Waals surface area contributed by atoms with Gasteiger partial charge in [0.15, 0.2) is 0 Å². The van der Waals surface area contributed by atoms with Crippen LogP contribution in [-0.4, -0.2) is 19.0 Å². The van der Waals surface area contributed by atoms with Crippen molar-refractivity contribution in [3.8, 4) is 0 Å². The van der Waals surface area contributed by atoms with E-state index in [0.29, 0.717) is 5.92 Å². The van der Waals surface area contributed by atoms with Crippen LogP contribution in [0.1, 0.15) is 30.9 Å². The molecule has 0 aliphatic heterocycles. The molecular formula is C13H19N. The highest BCUT2D eigenvalue weighted by Gasteiger charge is 2.02. The fourth-order valence-electron chi connectivity index (χ4n) is 1.32. The topological polar surface area (TPSA) is 3.24 Å². The Hall–Kier alpha value is -1.24. The van der Waals surface area contributed by atoms with Gasteiger partial charge in [-0.15, -0.1) is 0 Å². The molecule has 0 bridgehead atoms. The number of nitrogens with zero attached hydrogens (tertiary/aromatic N) is 1. The van der Waals surface area contributed by atoms with Crippen molar-refractivity contribution in [3.05, 3.63) is 42.0 Å². The van der Waals surface area contributed by atoms with Crippen molar-refractivity contribution in [3.63, 3.8) is 0 Å². The molecule has 1 heteroatoms. The van der Waals surface area contributed by atoms with Crippen LogP contribution in [0.4, 0.5) is 0 Å². The second-order valence-corrected chi connectivity index (χ2v) is 4.12. The lowest BCUT2D eigenvalue weighted by Gasteiger charge is -2.16. The predicted molar refractivity (Wildman–Crippen MR) is 63.3 cm³/mol. The van der Waals surface area contributed by atoms with Gasteiger partial charge in [0.1, 0.15) is 0 Å². The third-order valence-electron chi connectivity index (χ3n) is 2.45. The van der Waals surface area contributed by atoms with E-state index in [9.17, 15) is 0 Å². The molecule has 0 saturated carbocycles. The molecule has 0 amide bonds. The first-order chi connectivity index (χ1) is 6.52. The Morgan fingerprint density at radius 3 is 2.00 bits per heavy atom. The van der Waals surface area contributed by atoms with E-state index in [1.54, 1.807) is 0 Å². The zero-order chi connectivity index (χ0) is 10.7. The number of rotatable bonds is 3. The summed E-state index contributed by atoms with van der Waals surface area (Å²) >= 11 is 0. The number of benzene rings is 1. The Balaban J connectivity index is 2.89. The first-order valence-electron chi connectivity index (χ1n) is 4.99. The fourth-order valence-corrected chi connectivity index (χ4v) is 1.32. The highest BCUT2D eigenvalue weighted by atomic mass is 15.1. The number of hydrogen-bond acceptors (Lipinski definition) is 1. The molecular weight excluding hydrogens is 170 g/mol. The second kappa shape index (κ2) is 4.32. The monoisotopic (exact) mass is 189 g/mol. The molecule has 0 aromatic heterocycles. The van der Waals surface area contributed by atoms with Gasteiger partial charge in [0.05, 0.1) is 0 Å². The fraction of sp³-hybridized carbons (Fsp3) is 0.385. The van der Waals surface area contributed by atoms with Gasteiger partial charge in [-0.2, -0.15) is 0 Å². The minimum Gasteiger partial charge on any atom is -0.378 e. The molecule has 1 nitrogen and oxygen atoms in total. The molecule has 1 aromatic carbocycles. The van der Waals surface area contributed by atoms with Gasteiger partial charge >= 0.3 is 0 Å². The average molecular weight is 189 g/mol. The molecule has 0 aliphatic rings. The summed E-state index contributed by atoms with van der Waals surface area (Å²) in [5.41, 5.74) is 3.63. The summed E-state index contributed by atoms with van der Waals surface area (Å²) in [6.07, 6.45) is 0. The quantitative estimate of drug-likeness (QED) is 0.705. The number of hydrogen-bond donors (Lipinski definition) is 0. The zero-order valence-corrected chi connectivity index (χ0v) is 9.54. The summed E-state index contributed by atoms with van der Waals surface area (Å²) in [4.78, 5) is 2.03. The standard InChI is InChI=1S/C13H19N/c1-10(2)12-6-8-13(9-7-12)11(3)14(4)5/h6-10H,3H2,1-2,4-5H3. The Morgan fingerprint density at radius 2 is 1.64 bits per heavy atom. The largest absolute Gasteiger partial charge is 0.378 e. The van der Waals surface area contributed by atoms with Crippen LogP contribution in [0.15, 0.2) is 30.8 Å². The third kappa shape index (κ3) is 2.38. The highest BCUT2D eigenvalue weighted by molar-refractivity contribution is 5.61. The van der Waals surface area contributed by atoms with Crippen LogP contribution < -0.4 is 0 Å². The van der Waals surface area contributed by atoms with Crippen LogP contribution in [0.5, 0.6) is 0 Å². The van der Waals surface area contributed by atoms with E-state index in [1.807, 2.05) is 19.0 Å². The van der Waals surface area contributed by atoms with Gasteiger partial charge in [-0.3, -0.25) is 0 Å². The first-order valence-corrected chi connectivity index (χ1v) is 4.99. The molecule has 14 heavy (non-hydrogen) atoms. The molecule has 0 atom stereocenters. The maximum atomic E-state index is 4.02. The van der Waals surface area contributed by atoms with E-state index < -0.39 is 0 Å². The molecule has 1 aromatic rings. The van der Waals surface area contributed by atoms with Crippen molar-refractivity contribution >= 4 is 5.70 Å². The van der Waals surface area contributed by atoms with Crippen LogP contribution in [0, 0.1) is 0 Å². The lowest BCUT2D eigenvalue weighted by Crippen LogP contribution is -2.08. The average Bonchev–Trinajstić information content (AvgIpc) is 2.16. The molecule has 76 valence electrons. The van der Waals surface area contributed by atoms with Gasteiger partial charge in [-0.1, -0.05) is 44.7 Å². The van der Waals surface area contributed by atoms with Crippen LogP contribution in [0.3, 0.4) is 0 Å². The summed E-state index contributed by atoms with van der Waals surface area (Å²) in [5.74, 6) is 0.594.